The Balaban J connectivity index is 1.54. The summed E-state index contributed by atoms with van der Waals surface area (Å²) in [5.41, 5.74) is 9.56. The Bertz CT molecular complexity index is 829. The fourth-order valence-corrected chi connectivity index (χ4v) is 3.74. The average molecular weight is 411 g/mol. The highest BCUT2D eigenvalue weighted by Gasteiger charge is 2.23. The smallest absolute Gasteiger partial charge is 0.193 e. The maximum atomic E-state index is 6.12. The summed E-state index contributed by atoms with van der Waals surface area (Å²) in [4.78, 5) is 6.93. The van der Waals surface area contributed by atoms with Gasteiger partial charge >= 0.3 is 0 Å². The molecule has 2 atom stereocenters. The number of aliphatic imine (C=N–C) groups is 1. The van der Waals surface area contributed by atoms with Crippen molar-refractivity contribution in [2.24, 2.45) is 16.6 Å². The Morgan fingerprint density at radius 2 is 1.83 bits per heavy atom. The monoisotopic (exact) mass is 410 g/mol. The lowest BCUT2D eigenvalue weighted by Crippen LogP contribution is -2.25. The van der Waals surface area contributed by atoms with Gasteiger partial charge in [-0.15, -0.1) is 0 Å². The van der Waals surface area contributed by atoms with Gasteiger partial charge in [0.05, 0.1) is 14.2 Å². The highest BCUT2D eigenvalue weighted by Crippen LogP contribution is 2.31. The molecule has 3 rings (SSSR count). The van der Waals surface area contributed by atoms with Crippen molar-refractivity contribution in [3.8, 4) is 11.5 Å². The summed E-state index contributed by atoms with van der Waals surface area (Å²) in [6.07, 6.45) is 2.22. The Kier molecular flexibility index (Phi) is 7.44. The minimum atomic E-state index is 0.466. The minimum Gasteiger partial charge on any atom is -0.497 e. The van der Waals surface area contributed by atoms with Crippen LogP contribution in [0.4, 0.5) is 11.4 Å². The average Bonchev–Trinajstić information content (AvgIpc) is 3.26. The largest absolute Gasteiger partial charge is 0.497 e. The first-order valence-corrected chi connectivity index (χ1v) is 10.7. The molecule has 6 heteroatoms. The summed E-state index contributed by atoms with van der Waals surface area (Å²) >= 11 is 0. The van der Waals surface area contributed by atoms with Crippen molar-refractivity contribution in [2.45, 2.75) is 32.6 Å². The number of anilines is 2. The van der Waals surface area contributed by atoms with E-state index >= 15 is 0 Å². The first-order valence-electron chi connectivity index (χ1n) is 10.7. The maximum Gasteiger partial charge on any atom is 0.193 e. The van der Waals surface area contributed by atoms with E-state index in [0.29, 0.717) is 24.3 Å². The molecule has 1 aliphatic rings. The molecule has 0 radical (unpaired) electrons. The first kappa shape index (κ1) is 21.8. The zero-order valence-electron chi connectivity index (χ0n) is 18.5. The number of guanidine groups is 1. The lowest BCUT2D eigenvalue weighted by Gasteiger charge is -2.20. The molecular weight excluding hydrogens is 376 g/mol. The molecule has 2 unspecified atom stereocenters. The van der Waals surface area contributed by atoms with Crippen LogP contribution in [-0.2, 0) is 0 Å². The molecule has 0 amide bonds. The molecule has 0 aromatic heterocycles. The Morgan fingerprint density at radius 3 is 2.43 bits per heavy atom. The van der Waals surface area contributed by atoms with E-state index < -0.39 is 0 Å². The highest BCUT2D eigenvalue weighted by molar-refractivity contribution is 5.92. The van der Waals surface area contributed by atoms with Gasteiger partial charge in [-0.3, -0.25) is 4.99 Å². The number of rotatable bonds is 8. The molecular formula is C24H34N4O2. The van der Waals surface area contributed by atoms with E-state index in [4.69, 9.17) is 15.2 Å². The molecule has 30 heavy (non-hydrogen) atoms. The van der Waals surface area contributed by atoms with Gasteiger partial charge in [0.25, 0.3) is 0 Å². The molecule has 1 aliphatic heterocycles. The third kappa shape index (κ3) is 5.59. The summed E-state index contributed by atoms with van der Waals surface area (Å²) in [5, 5.41) is 3.20. The van der Waals surface area contributed by atoms with Gasteiger partial charge in [0, 0.05) is 49.2 Å². The SMILES string of the molecule is CCC(C)c1ccc(NC(N)=NCC2CCN(c3cc(OC)cc(OC)c3)C2)cc1. The van der Waals surface area contributed by atoms with Crippen LogP contribution in [0.1, 0.15) is 38.2 Å². The van der Waals surface area contributed by atoms with Crippen LogP contribution in [0.3, 0.4) is 0 Å². The molecule has 2 aromatic rings. The van der Waals surface area contributed by atoms with Gasteiger partial charge in [0.1, 0.15) is 11.5 Å². The van der Waals surface area contributed by atoms with Crippen LogP contribution < -0.4 is 25.4 Å². The van der Waals surface area contributed by atoms with Crippen LogP contribution >= 0.6 is 0 Å². The van der Waals surface area contributed by atoms with E-state index in [2.05, 4.69) is 53.3 Å². The van der Waals surface area contributed by atoms with Crippen molar-refractivity contribution in [1.29, 1.82) is 0 Å². The summed E-state index contributed by atoms with van der Waals surface area (Å²) in [7, 11) is 3.35. The summed E-state index contributed by atoms with van der Waals surface area (Å²) in [5.74, 6) is 3.11. The number of hydrogen-bond donors (Lipinski definition) is 2. The molecule has 162 valence electrons. The normalized spacial score (nSPS) is 17.7. The molecule has 1 fully saturated rings. The number of nitrogens with zero attached hydrogens (tertiary/aromatic N) is 2. The lowest BCUT2D eigenvalue weighted by molar-refractivity contribution is 0.394. The van der Waals surface area contributed by atoms with Crippen LogP contribution in [0, 0.1) is 5.92 Å². The van der Waals surface area contributed by atoms with Gasteiger partial charge in [-0.05, 0) is 42.4 Å². The topological polar surface area (TPSA) is 72.1 Å². The molecule has 0 saturated carbocycles. The van der Waals surface area contributed by atoms with Crippen molar-refractivity contribution in [3.05, 3.63) is 48.0 Å². The minimum absolute atomic E-state index is 0.466. The number of nitrogens with two attached hydrogens (primary N) is 1. The fraction of sp³-hybridized carbons (Fsp3) is 0.458. The third-order valence-electron chi connectivity index (χ3n) is 5.87. The van der Waals surface area contributed by atoms with Crippen molar-refractivity contribution < 1.29 is 9.47 Å². The van der Waals surface area contributed by atoms with Gasteiger partial charge in [0.2, 0.25) is 0 Å². The lowest BCUT2D eigenvalue weighted by atomic mass is 9.99. The van der Waals surface area contributed by atoms with E-state index in [1.165, 1.54) is 5.56 Å². The zero-order valence-corrected chi connectivity index (χ0v) is 18.5. The summed E-state index contributed by atoms with van der Waals surface area (Å²) in [6.45, 7) is 7.08. The van der Waals surface area contributed by atoms with Crippen LogP contribution in [0.5, 0.6) is 11.5 Å². The molecule has 3 N–H and O–H groups in total. The molecule has 1 heterocycles. The number of hydrogen-bond acceptors (Lipinski definition) is 4. The van der Waals surface area contributed by atoms with Gasteiger partial charge in [-0.25, -0.2) is 0 Å². The summed E-state index contributed by atoms with van der Waals surface area (Å²) in [6, 6.07) is 14.4. The molecule has 0 aliphatic carbocycles. The summed E-state index contributed by atoms with van der Waals surface area (Å²) < 4.78 is 10.8. The molecule has 2 aromatic carbocycles. The number of nitrogens with one attached hydrogen (secondary N) is 1. The standard InChI is InChI=1S/C24H34N4O2/c1-5-17(2)19-6-8-20(9-7-19)27-24(25)26-15-18-10-11-28(16-18)21-12-22(29-3)14-23(13-21)30-4/h6-9,12-14,17-18H,5,10-11,15-16H2,1-4H3,(H3,25,26,27). The highest BCUT2D eigenvalue weighted by atomic mass is 16.5. The van der Waals surface area contributed by atoms with E-state index in [0.717, 1.165) is 48.8 Å². The van der Waals surface area contributed by atoms with E-state index in [1.54, 1.807) is 14.2 Å². The maximum absolute atomic E-state index is 6.12. The first-order chi connectivity index (χ1) is 14.5. The van der Waals surface area contributed by atoms with Gasteiger partial charge < -0.3 is 25.4 Å². The Morgan fingerprint density at radius 1 is 1.17 bits per heavy atom. The van der Waals surface area contributed by atoms with Crippen molar-refractivity contribution in [1.82, 2.24) is 0 Å². The second-order valence-corrected chi connectivity index (χ2v) is 7.95. The quantitative estimate of drug-likeness (QED) is 0.496. The van der Waals surface area contributed by atoms with E-state index in [-0.39, 0.29) is 0 Å². The predicted octanol–water partition coefficient (Wildman–Crippen LogP) is 4.47. The van der Waals surface area contributed by atoms with E-state index in [1.807, 2.05) is 18.2 Å². The Labute approximate surface area is 180 Å². The van der Waals surface area contributed by atoms with E-state index in [9.17, 15) is 0 Å². The number of methoxy groups -OCH3 is 2. The molecule has 0 spiro atoms. The molecule has 6 nitrogen and oxygen atoms in total. The van der Waals surface area contributed by atoms with Crippen LogP contribution in [0.2, 0.25) is 0 Å². The zero-order chi connectivity index (χ0) is 21.5. The van der Waals surface area contributed by atoms with Crippen LogP contribution in [0.25, 0.3) is 0 Å². The third-order valence-corrected chi connectivity index (χ3v) is 5.87. The fourth-order valence-electron chi connectivity index (χ4n) is 3.74. The predicted molar refractivity (Wildman–Crippen MR) is 125 cm³/mol. The van der Waals surface area contributed by atoms with Crippen LogP contribution in [-0.4, -0.2) is 39.8 Å². The van der Waals surface area contributed by atoms with Gasteiger partial charge in [-0.1, -0.05) is 26.0 Å². The van der Waals surface area contributed by atoms with Crippen molar-refractivity contribution >= 4 is 17.3 Å². The van der Waals surface area contributed by atoms with Crippen LogP contribution in [0.15, 0.2) is 47.5 Å². The Hall–Kier alpha value is -2.89. The molecule has 1 saturated heterocycles. The van der Waals surface area contributed by atoms with Crippen molar-refractivity contribution in [2.75, 3.05) is 44.1 Å². The van der Waals surface area contributed by atoms with Gasteiger partial charge in [0.15, 0.2) is 5.96 Å². The number of benzene rings is 2. The van der Waals surface area contributed by atoms with Crippen molar-refractivity contribution in [3.63, 3.8) is 0 Å². The van der Waals surface area contributed by atoms with Gasteiger partial charge in [-0.2, -0.15) is 0 Å². The number of ether oxygens (including phenoxy) is 2. The second-order valence-electron chi connectivity index (χ2n) is 7.95. The molecule has 0 bridgehead atoms. The second kappa shape index (κ2) is 10.2.